The molecule has 0 amide bonds. The van der Waals surface area contributed by atoms with Crippen LogP contribution in [0.3, 0.4) is 0 Å². The fraction of sp³-hybridized carbons (Fsp3) is 0. The molecule has 2 heterocycles. The fourth-order valence-corrected chi connectivity index (χ4v) is 3.33. The number of ketones is 1. The summed E-state index contributed by atoms with van der Waals surface area (Å²) in [5.41, 5.74) is 1.13. The molecule has 2 nitrogen and oxygen atoms in total. The molecule has 0 unspecified atom stereocenters. The predicted molar refractivity (Wildman–Crippen MR) is 78.0 cm³/mol. The molecule has 0 N–H and O–H groups in total. The molecule has 19 heavy (non-hydrogen) atoms. The first-order valence-corrected chi connectivity index (χ1v) is 7.17. The van der Waals surface area contributed by atoms with E-state index in [4.69, 9.17) is 24.2 Å². The van der Waals surface area contributed by atoms with Gasteiger partial charge in [-0.3, -0.25) is 16.1 Å². The monoisotopic (exact) mass is 305 g/mol. The van der Waals surface area contributed by atoms with Crippen LogP contribution in [0, 0.1) is 0 Å². The minimum absolute atomic E-state index is 0.0795. The first-order valence-electron chi connectivity index (χ1n) is 5.57. The molecule has 0 spiro atoms. The highest BCUT2D eigenvalue weighted by Crippen LogP contribution is 2.20. The molecule has 5 heteroatoms. The summed E-state index contributed by atoms with van der Waals surface area (Å²) in [6.45, 7) is 0. The molecule has 0 saturated heterocycles. The number of halogens is 1. The second kappa shape index (κ2) is 4.89. The van der Waals surface area contributed by atoms with Crippen molar-refractivity contribution in [3.63, 3.8) is 0 Å². The van der Waals surface area contributed by atoms with Gasteiger partial charge in [0.2, 0.25) is 5.69 Å². The largest absolute Gasteiger partial charge is 0.421 e. The van der Waals surface area contributed by atoms with Gasteiger partial charge < -0.3 is 12.6 Å². The highest BCUT2D eigenvalue weighted by Gasteiger charge is 2.21. The molecule has 3 aromatic rings. The van der Waals surface area contributed by atoms with Crippen molar-refractivity contribution in [2.24, 2.45) is 0 Å². The van der Waals surface area contributed by atoms with E-state index in [-0.39, 0.29) is 5.78 Å². The predicted octanol–water partition coefficient (Wildman–Crippen LogP) is 3.28. The topological polar surface area (TPSA) is 21.2 Å². The number of benzene rings is 1. The molecule has 1 aromatic carbocycles. The van der Waals surface area contributed by atoms with Crippen LogP contribution in [0.1, 0.15) is 16.1 Å². The van der Waals surface area contributed by atoms with Gasteiger partial charge in [0.1, 0.15) is 0 Å². The summed E-state index contributed by atoms with van der Waals surface area (Å²) in [5.74, 6) is -0.0795. The maximum Gasteiger partial charge on any atom is 0.256 e. The molecule has 0 atom stereocenters. The lowest BCUT2D eigenvalue weighted by Crippen LogP contribution is -2.27. The van der Waals surface area contributed by atoms with Gasteiger partial charge in [-0.05, 0) is 28.5 Å². The minimum Gasteiger partial charge on any atom is -0.421 e. The van der Waals surface area contributed by atoms with Gasteiger partial charge in [0.15, 0.2) is 11.0 Å². The van der Waals surface area contributed by atoms with Crippen molar-refractivity contribution in [1.82, 2.24) is 0 Å². The second-order valence-corrected chi connectivity index (χ2v) is 6.12. The molecule has 94 valence electrons. The number of carbonyl (C=O) groups excluding carboxylic acids is 1. The third-order valence-corrected chi connectivity index (χ3v) is 4.39. The maximum absolute atomic E-state index is 12.5. The van der Waals surface area contributed by atoms with Crippen molar-refractivity contribution in [3.8, 4) is 0 Å². The number of hydrogen-bond donors (Lipinski definition) is 0. The average Bonchev–Trinajstić information content (AvgIpc) is 2.74. The van der Waals surface area contributed by atoms with Crippen LogP contribution in [0.15, 0.2) is 52.9 Å². The Balaban J connectivity index is 2.16. The molecule has 0 fully saturated rings. The highest BCUT2D eigenvalue weighted by atomic mass is 35.5. The quantitative estimate of drug-likeness (QED) is 0.412. The number of thiazole rings is 1. The Hall–Kier alpha value is -1.49. The molecule has 2 aromatic heterocycles. The maximum atomic E-state index is 12.5. The van der Waals surface area contributed by atoms with Crippen molar-refractivity contribution >= 4 is 46.2 Å². The summed E-state index contributed by atoms with van der Waals surface area (Å²) in [5, 5.41) is 0.609. The number of fused-ring (bicyclic) bond motifs is 1. The van der Waals surface area contributed by atoms with E-state index in [1.807, 2.05) is 28.8 Å². The fourth-order valence-electron chi connectivity index (χ4n) is 1.88. The van der Waals surface area contributed by atoms with E-state index in [9.17, 15) is 4.79 Å². The Labute approximate surface area is 124 Å². The number of nitrogens with zero attached hydrogens (tertiary/aromatic N) is 1. The van der Waals surface area contributed by atoms with Crippen molar-refractivity contribution in [2.45, 2.75) is 4.21 Å². The Bertz CT molecular complexity index is 765. The van der Waals surface area contributed by atoms with Crippen LogP contribution in [0.4, 0.5) is 0 Å². The third-order valence-electron chi connectivity index (χ3n) is 2.78. The normalized spacial score (nSPS) is 10.8. The van der Waals surface area contributed by atoms with E-state index in [1.54, 1.807) is 24.3 Å². The Kier molecular flexibility index (Phi) is 3.22. The van der Waals surface area contributed by atoms with Crippen molar-refractivity contribution < 1.29 is 9.20 Å². The first-order chi connectivity index (χ1) is 9.16. The molecule has 3 rings (SSSR count). The molecule has 0 bridgehead atoms. The average molecular weight is 306 g/mol. The van der Waals surface area contributed by atoms with Gasteiger partial charge in [-0.2, -0.15) is 4.40 Å². The van der Waals surface area contributed by atoms with E-state index < -0.39 is 0 Å². The van der Waals surface area contributed by atoms with Crippen LogP contribution in [0.5, 0.6) is 0 Å². The van der Waals surface area contributed by atoms with Crippen LogP contribution in [-0.4, -0.2) is 5.78 Å². The lowest BCUT2D eigenvalue weighted by atomic mass is 10.1. The van der Waals surface area contributed by atoms with E-state index in [0.717, 1.165) is 4.83 Å². The Morgan fingerprint density at radius 2 is 1.89 bits per heavy atom. The summed E-state index contributed by atoms with van der Waals surface area (Å²) >= 11 is 12.6. The van der Waals surface area contributed by atoms with E-state index in [2.05, 4.69) is 0 Å². The van der Waals surface area contributed by atoms with Gasteiger partial charge in [0, 0.05) is 22.7 Å². The number of pyridine rings is 1. The van der Waals surface area contributed by atoms with Gasteiger partial charge in [-0.1, -0.05) is 17.7 Å². The van der Waals surface area contributed by atoms with Gasteiger partial charge in [-0.15, -0.1) is 0 Å². The van der Waals surface area contributed by atoms with Gasteiger partial charge in [0.25, 0.3) is 5.78 Å². The lowest BCUT2D eigenvalue weighted by molar-refractivity contribution is -0.511. The minimum atomic E-state index is -0.0795. The summed E-state index contributed by atoms with van der Waals surface area (Å²) in [7, 11) is 0. The highest BCUT2D eigenvalue weighted by molar-refractivity contribution is 7.63. The molecule has 0 aliphatic heterocycles. The summed E-state index contributed by atoms with van der Waals surface area (Å²) < 4.78 is 2.44. The van der Waals surface area contributed by atoms with E-state index in [0.29, 0.717) is 20.5 Å². The smallest absolute Gasteiger partial charge is 0.256 e. The van der Waals surface area contributed by atoms with E-state index in [1.165, 1.54) is 11.3 Å². The van der Waals surface area contributed by atoms with E-state index >= 15 is 0 Å². The van der Waals surface area contributed by atoms with Crippen LogP contribution < -0.4 is 4.40 Å². The lowest BCUT2D eigenvalue weighted by Gasteiger charge is -1.99. The molecular formula is C14H8ClNOS2. The number of carbonyl (C=O) groups is 1. The third kappa shape index (κ3) is 2.23. The number of aromatic nitrogens is 1. The molecule has 0 saturated carbocycles. The first kappa shape index (κ1) is 12.5. The zero-order chi connectivity index (χ0) is 13.4. The van der Waals surface area contributed by atoms with Gasteiger partial charge in [-0.25, -0.2) is 0 Å². The summed E-state index contributed by atoms with van der Waals surface area (Å²) in [4.78, 5) is 13.5. The number of hydrogen-bond acceptors (Lipinski definition) is 3. The Morgan fingerprint density at radius 3 is 2.63 bits per heavy atom. The summed E-state index contributed by atoms with van der Waals surface area (Å²) in [6, 6.07) is 12.6. The van der Waals surface area contributed by atoms with Crippen molar-refractivity contribution in [3.05, 3.63) is 64.9 Å². The Morgan fingerprint density at radius 1 is 1.16 bits per heavy atom. The second-order valence-electron chi connectivity index (χ2n) is 3.98. The zero-order valence-electron chi connectivity index (χ0n) is 9.67. The van der Waals surface area contributed by atoms with Gasteiger partial charge >= 0.3 is 0 Å². The molecule has 0 aliphatic carbocycles. The number of rotatable bonds is 2. The zero-order valence-corrected chi connectivity index (χ0v) is 12.1. The van der Waals surface area contributed by atoms with Crippen molar-refractivity contribution in [2.75, 3.05) is 0 Å². The van der Waals surface area contributed by atoms with Crippen molar-refractivity contribution in [1.29, 1.82) is 0 Å². The van der Waals surface area contributed by atoms with Crippen LogP contribution >= 0.6 is 22.9 Å². The van der Waals surface area contributed by atoms with Crippen LogP contribution in [0.2, 0.25) is 5.02 Å². The molecular weight excluding hydrogens is 298 g/mol. The van der Waals surface area contributed by atoms with Gasteiger partial charge in [0.05, 0.1) is 0 Å². The summed E-state index contributed by atoms with van der Waals surface area (Å²) in [6.07, 6.45) is 1.85. The molecule has 0 aliphatic rings. The van der Waals surface area contributed by atoms with Crippen LogP contribution in [0.25, 0.3) is 4.83 Å². The molecule has 0 radical (unpaired) electrons. The SMILES string of the molecule is O=C(c1ccc(Cl)cc1)c1c([S-])sc2cccc[n+]12. The standard InChI is InChI=1S/C14H8ClNOS2/c15-10-6-4-9(5-7-10)13(17)12-14(18)19-11-3-1-2-8-16(11)12/h1-8H. The van der Waals surface area contributed by atoms with Crippen LogP contribution in [-0.2, 0) is 12.6 Å².